The van der Waals surface area contributed by atoms with Crippen molar-refractivity contribution >= 4 is 44.1 Å². The number of hydrogen-bond donors (Lipinski definition) is 1. The molecule has 1 aromatic carbocycles. The third-order valence-electron chi connectivity index (χ3n) is 6.06. The molecule has 3 heterocycles. The van der Waals surface area contributed by atoms with Gasteiger partial charge in [0.1, 0.15) is 5.75 Å². The van der Waals surface area contributed by atoms with Crippen LogP contribution in [0, 0.1) is 6.92 Å². The number of methoxy groups -OCH3 is 1. The predicted molar refractivity (Wildman–Crippen MR) is 123 cm³/mol. The summed E-state index contributed by atoms with van der Waals surface area (Å²) in [6.07, 6.45) is 2.54. The quantitative estimate of drug-likeness (QED) is 0.601. The Balaban J connectivity index is 1.61. The summed E-state index contributed by atoms with van der Waals surface area (Å²) in [6.45, 7) is 1.82. The first kappa shape index (κ1) is 21.2. The number of fused-ring (bicyclic) bond motifs is 1. The maximum atomic E-state index is 13.4. The van der Waals surface area contributed by atoms with E-state index in [1.807, 2.05) is 13.0 Å². The molecule has 1 atom stereocenters. The summed E-state index contributed by atoms with van der Waals surface area (Å²) < 4.78 is 31.2. The maximum absolute atomic E-state index is 13.4. The van der Waals surface area contributed by atoms with Gasteiger partial charge in [0.15, 0.2) is 15.5 Å². The van der Waals surface area contributed by atoms with E-state index in [1.54, 1.807) is 22.9 Å². The highest BCUT2D eigenvalue weighted by molar-refractivity contribution is 7.91. The number of anilines is 1. The smallest absolute Gasteiger partial charge is 0.256 e. The lowest BCUT2D eigenvalue weighted by Crippen LogP contribution is -2.16. The van der Waals surface area contributed by atoms with Gasteiger partial charge in [-0.2, -0.15) is 5.10 Å². The third-order valence-corrected chi connectivity index (χ3v) is 8.05. The van der Waals surface area contributed by atoms with Crippen LogP contribution in [0.4, 0.5) is 5.69 Å². The van der Waals surface area contributed by atoms with Crippen molar-refractivity contribution in [3.05, 3.63) is 46.2 Å². The van der Waals surface area contributed by atoms with Crippen molar-refractivity contribution in [3.63, 3.8) is 0 Å². The minimum atomic E-state index is -3.09. The van der Waals surface area contributed by atoms with Crippen molar-refractivity contribution in [1.29, 1.82) is 0 Å². The molecule has 1 N–H and O–H groups in total. The summed E-state index contributed by atoms with van der Waals surface area (Å²) >= 11 is 6.12. The summed E-state index contributed by atoms with van der Waals surface area (Å²) in [7, 11) is -1.56. The summed E-state index contributed by atoms with van der Waals surface area (Å²) in [6, 6.07) is 6.58. The number of hydrogen-bond acceptors (Lipinski definition) is 6. The average Bonchev–Trinajstić information content (AvgIpc) is 3.46. The number of amides is 1. The molecule has 1 amide bonds. The number of rotatable bonds is 5. The molecule has 10 heteroatoms. The van der Waals surface area contributed by atoms with E-state index in [2.05, 4.69) is 10.4 Å². The first-order valence-corrected chi connectivity index (χ1v) is 12.7. The van der Waals surface area contributed by atoms with E-state index in [1.165, 1.54) is 7.11 Å². The normalized spacial score (nSPS) is 19.9. The van der Waals surface area contributed by atoms with Gasteiger partial charge in [0.25, 0.3) is 5.91 Å². The zero-order chi connectivity index (χ0) is 22.6. The predicted octanol–water partition coefficient (Wildman–Crippen LogP) is 3.89. The number of aromatic nitrogens is 3. The maximum Gasteiger partial charge on any atom is 0.256 e. The fourth-order valence-corrected chi connectivity index (χ4v) is 6.15. The third kappa shape index (κ3) is 3.84. The van der Waals surface area contributed by atoms with Crippen LogP contribution in [0.15, 0.2) is 24.3 Å². The lowest BCUT2D eigenvalue weighted by Gasteiger charge is -2.13. The van der Waals surface area contributed by atoms with Crippen LogP contribution in [-0.2, 0) is 9.84 Å². The Hall–Kier alpha value is -2.65. The average molecular weight is 475 g/mol. The Morgan fingerprint density at radius 2 is 2.03 bits per heavy atom. The lowest BCUT2D eigenvalue weighted by atomic mass is 10.1. The molecule has 0 radical (unpaired) electrons. The van der Waals surface area contributed by atoms with Crippen LogP contribution in [0.25, 0.3) is 11.0 Å². The first-order chi connectivity index (χ1) is 15.3. The molecule has 168 valence electrons. The Morgan fingerprint density at radius 1 is 1.25 bits per heavy atom. The molecular formula is C22H23ClN4O4S. The molecule has 0 unspecified atom stereocenters. The van der Waals surface area contributed by atoms with E-state index in [0.29, 0.717) is 51.1 Å². The number of sulfone groups is 1. The molecule has 1 aliphatic heterocycles. The molecule has 1 aliphatic carbocycles. The highest BCUT2D eigenvalue weighted by Gasteiger charge is 2.34. The Bertz CT molecular complexity index is 1350. The molecule has 2 aliphatic rings. The number of nitrogens with zero attached hydrogens (tertiary/aromatic N) is 3. The summed E-state index contributed by atoms with van der Waals surface area (Å²) in [4.78, 5) is 18.2. The topological polar surface area (TPSA) is 103 Å². The number of carbonyl (C=O) groups excluding carboxylic acids is 1. The largest absolute Gasteiger partial charge is 0.495 e. The van der Waals surface area contributed by atoms with Crippen LogP contribution in [0.3, 0.4) is 0 Å². The SMILES string of the molecule is COc1ccc(Cl)cc1NC(=O)c1cc(C2CC2)nc2c1c(C)nn2[C@H]1CCS(=O)(=O)C1. The van der Waals surface area contributed by atoms with Gasteiger partial charge in [0, 0.05) is 16.6 Å². The van der Waals surface area contributed by atoms with E-state index < -0.39 is 9.84 Å². The highest BCUT2D eigenvalue weighted by Crippen LogP contribution is 2.41. The highest BCUT2D eigenvalue weighted by atomic mass is 35.5. The molecule has 5 rings (SSSR count). The summed E-state index contributed by atoms with van der Waals surface area (Å²) in [5.41, 5.74) is 2.97. The standard InChI is InChI=1S/C22H23ClN4O4S/c1-12-20-16(22(28)25-18-9-14(23)5-6-19(18)31-2)10-17(13-3-4-13)24-21(20)27(26-12)15-7-8-32(29,30)11-15/h5-6,9-10,13,15H,3-4,7-8,11H2,1-2H3,(H,25,28)/t15-/m0/s1. The second kappa shape index (κ2) is 7.74. The van der Waals surface area contributed by atoms with Crippen molar-refractivity contribution < 1.29 is 17.9 Å². The molecule has 2 aromatic heterocycles. The molecular weight excluding hydrogens is 452 g/mol. The molecule has 1 saturated heterocycles. The van der Waals surface area contributed by atoms with E-state index >= 15 is 0 Å². The minimum absolute atomic E-state index is 0.0415. The fraction of sp³-hybridized carbons (Fsp3) is 0.409. The molecule has 3 aromatic rings. The second-order valence-corrected chi connectivity index (χ2v) is 11.1. The molecule has 0 spiro atoms. The zero-order valence-corrected chi connectivity index (χ0v) is 19.3. The van der Waals surface area contributed by atoms with Crippen LogP contribution in [0.1, 0.15) is 53.0 Å². The van der Waals surface area contributed by atoms with Gasteiger partial charge in [-0.3, -0.25) is 4.79 Å². The van der Waals surface area contributed by atoms with Crippen LogP contribution in [-0.4, -0.2) is 47.7 Å². The minimum Gasteiger partial charge on any atom is -0.495 e. The Labute approximate surface area is 190 Å². The van der Waals surface area contributed by atoms with E-state index in [0.717, 1.165) is 18.5 Å². The number of aryl methyl sites for hydroxylation is 1. The van der Waals surface area contributed by atoms with E-state index in [4.69, 9.17) is 21.3 Å². The van der Waals surface area contributed by atoms with Crippen molar-refractivity contribution in [3.8, 4) is 5.75 Å². The monoisotopic (exact) mass is 474 g/mol. The molecule has 0 bridgehead atoms. The fourth-order valence-electron chi connectivity index (χ4n) is 4.29. The van der Waals surface area contributed by atoms with E-state index in [9.17, 15) is 13.2 Å². The number of nitrogens with one attached hydrogen (secondary N) is 1. The first-order valence-electron chi connectivity index (χ1n) is 10.5. The number of benzene rings is 1. The Kier molecular flexibility index (Phi) is 5.13. The van der Waals surface area contributed by atoms with Crippen LogP contribution >= 0.6 is 11.6 Å². The van der Waals surface area contributed by atoms with Gasteiger partial charge in [-0.25, -0.2) is 18.1 Å². The van der Waals surface area contributed by atoms with Crippen LogP contribution in [0.2, 0.25) is 5.02 Å². The number of halogens is 1. The van der Waals surface area contributed by atoms with Gasteiger partial charge >= 0.3 is 0 Å². The summed E-state index contributed by atoms with van der Waals surface area (Å²) in [5, 5.41) is 8.64. The molecule has 8 nitrogen and oxygen atoms in total. The van der Waals surface area contributed by atoms with Gasteiger partial charge in [0.05, 0.1) is 47.0 Å². The Morgan fingerprint density at radius 3 is 2.69 bits per heavy atom. The number of ether oxygens (including phenoxy) is 1. The van der Waals surface area contributed by atoms with Gasteiger partial charge in [-0.1, -0.05) is 11.6 Å². The lowest BCUT2D eigenvalue weighted by molar-refractivity contribution is 0.102. The van der Waals surface area contributed by atoms with E-state index in [-0.39, 0.29) is 23.5 Å². The van der Waals surface area contributed by atoms with Gasteiger partial charge < -0.3 is 10.1 Å². The molecule has 2 fully saturated rings. The van der Waals surface area contributed by atoms with Gasteiger partial charge in [-0.15, -0.1) is 0 Å². The van der Waals surface area contributed by atoms with Crippen LogP contribution in [0.5, 0.6) is 5.75 Å². The zero-order valence-electron chi connectivity index (χ0n) is 17.8. The van der Waals surface area contributed by atoms with Crippen molar-refractivity contribution in [1.82, 2.24) is 14.8 Å². The van der Waals surface area contributed by atoms with Gasteiger partial charge in [0.2, 0.25) is 0 Å². The molecule has 1 saturated carbocycles. The summed E-state index contributed by atoms with van der Waals surface area (Å²) in [5.74, 6) is 0.672. The number of carbonyl (C=O) groups is 1. The van der Waals surface area contributed by atoms with Crippen molar-refractivity contribution in [2.45, 2.75) is 38.1 Å². The number of pyridine rings is 1. The molecule has 32 heavy (non-hydrogen) atoms. The van der Waals surface area contributed by atoms with Gasteiger partial charge in [-0.05, 0) is 50.5 Å². The van der Waals surface area contributed by atoms with Crippen molar-refractivity contribution in [2.24, 2.45) is 0 Å². The van der Waals surface area contributed by atoms with Crippen LogP contribution < -0.4 is 10.1 Å². The second-order valence-electron chi connectivity index (χ2n) is 8.45. The van der Waals surface area contributed by atoms with Crippen molar-refractivity contribution in [2.75, 3.05) is 23.9 Å².